The first-order valence-electron chi connectivity index (χ1n) is 8.53. The molecule has 0 spiro atoms. The van der Waals surface area contributed by atoms with Crippen molar-refractivity contribution in [3.05, 3.63) is 59.2 Å². The Bertz CT molecular complexity index is 736. The average molecular weight is 340 g/mol. The van der Waals surface area contributed by atoms with Crippen LogP contribution in [0.4, 0.5) is 0 Å². The molecule has 2 atom stereocenters. The first-order chi connectivity index (χ1) is 12.1. The molecule has 0 radical (unpaired) electrons. The minimum atomic E-state index is -0.101. The molecule has 1 fully saturated rings. The molecule has 0 N–H and O–H groups in total. The van der Waals surface area contributed by atoms with Gasteiger partial charge in [0.1, 0.15) is 0 Å². The van der Waals surface area contributed by atoms with E-state index in [1.165, 1.54) is 11.1 Å². The van der Waals surface area contributed by atoms with Gasteiger partial charge in [-0.15, -0.1) is 0 Å². The maximum atomic E-state index is 12.2. The number of methoxy groups -OCH3 is 2. The summed E-state index contributed by atoms with van der Waals surface area (Å²) in [6.45, 7) is 2.54. The predicted molar refractivity (Wildman–Crippen MR) is 96.1 cm³/mol. The van der Waals surface area contributed by atoms with Crippen LogP contribution in [0.2, 0.25) is 0 Å². The molecular formula is C21H24O4. The number of aryl methyl sites for hydroxylation is 1. The van der Waals surface area contributed by atoms with Gasteiger partial charge in [-0.25, -0.2) is 0 Å². The zero-order valence-electron chi connectivity index (χ0n) is 15.0. The van der Waals surface area contributed by atoms with Crippen LogP contribution in [0.25, 0.3) is 0 Å². The number of carbonyl (C=O) groups excluding carboxylic acids is 1. The molecular weight excluding hydrogens is 316 g/mol. The number of hydrogen-bond donors (Lipinski definition) is 0. The number of ether oxygens (including phenoxy) is 3. The maximum absolute atomic E-state index is 12.2. The molecule has 1 saturated heterocycles. The quantitative estimate of drug-likeness (QED) is 0.754. The Balaban J connectivity index is 1.74. The van der Waals surface area contributed by atoms with Crippen LogP contribution in [0.3, 0.4) is 0 Å². The van der Waals surface area contributed by atoms with Crippen molar-refractivity contribution in [2.45, 2.75) is 19.8 Å². The van der Waals surface area contributed by atoms with E-state index in [4.69, 9.17) is 14.2 Å². The van der Waals surface area contributed by atoms with E-state index in [1.807, 2.05) is 18.2 Å². The van der Waals surface area contributed by atoms with Crippen molar-refractivity contribution in [2.75, 3.05) is 20.8 Å². The Morgan fingerprint density at radius 2 is 1.64 bits per heavy atom. The van der Waals surface area contributed by atoms with Crippen LogP contribution < -0.4 is 9.47 Å². The summed E-state index contributed by atoms with van der Waals surface area (Å²) in [5.74, 6) is 1.40. The second-order valence-electron chi connectivity index (χ2n) is 6.58. The van der Waals surface area contributed by atoms with E-state index in [2.05, 4.69) is 31.2 Å². The van der Waals surface area contributed by atoms with E-state index in [0.717, 1.165) is 18.4 Å². The molecule has 2 aromatic rings. The van der Waals surface area contributed by atoms with Crippen molar-refractivity contribution in [2.24, 2.45) is 11.8 Å². The topological polar surface area (TPSA) is 44.8 Å². The van der Waals surface area contributed by atoms with E-state index in [9.17, 15) is 4.79 Å². The van der Waals surface area contributed by atoms with Crippen LogP contribution in [0.15, 0.2) is 42.5 Å². The SMILES string of the molecule is COc1ccc(C[C@H]2COC(=O)[C@@H]2Cc2ccc(C)cc2)cc1OC. The summed E-state index contributed by atoms with van der Waals surface area (Å²) in [5.41, 5.74) is 3.52. The molecule has 4 nitrogen and oxygen atoms in total. The molecule has 1 heterocycles. The fourth-order valence-electron chi connectivity index (χ4n) is 3.34. The van der Waals surface area contributed by atoms with Gasteiger partial charge in [-0.3, -0.25) is 4.79 Å². The molecule has 0 amide bonds. The van der Waals surface area contributed by atoms with Gasteiger partial charge in [0, 0.05) is 5.92 Å². The van der Waals surface area contributed by atoms with Crippen molar-refractivity contribution < 1.29 is 19.0 Å². The fraction of sp³-hybridized carbons (Fsp3) is 0.381. The third kappa shape index (κ3) is 3.95. The van der Waals surface area contributed by atoms with Crippen LogP contribution in [0, 0.1) is 18.8 Å². The highest BCUT2D eigenvalue weighted by Gasteiger charge is 2.36. The van der Waals surface area contributed by atoms with Gasteiger partial charge in [0.2, 0.25) is 0 Å². The molecule has 0 bridgehead atoms. The number of benzene rings is 2. The van der Waals surface area contributed by atoms with Crippen LogP contribution >= 0.6 is 0 Å². The smallest absolute Gasteiger partial charge is 0.309 e. The third-order valence-corrected chi connectivity index (χ3v) is 4.83. The molecule has 132 valence electrons. The van der Waals surface area contributed by atoms with Crippen molar-refractivity contribution in [3.8, 4) is 11.5 Å². The standard InChI is InChI=1S/C21H24O4/c1-14-4-6-15(7-5-14)11-18-17(13-25-21(18)22)10-16-8-9-19(23-2)20(12-16)24-3/h4-9,12,17-18H,10-11,13H2,1-3H3/t17-,18+/m0/s1. The highest BCUT2D eigenvalue weighted by atomic mass is 16.5. The van der Waals surface area contributed by atoms with Gasteiger partial charge < -0.3 is 14.2 Å². The van der Waals surface area contributed by atoms with Gasteiger partial charge >= 0.3 is 5.97 Å². The highest BCUT2D eigenvalue weighted by Crippen LogP contribution is 2.32. The van der Waals surface area contributed by atoms with Gasteiger partial charge in [0.25, 0.3) is 0 Å². The minimum Gasteiger partial charge on any atom is -0.493 e. The van der Waals surface area contributed by atoms with Crippen LogP contribution in [0.5, 0.6) is 11.5 Å². The zero-order valence-corrected chi connectivity index (χ0v) is 15.0. The predicted octanol–water partition coefficient (Wildman–Crippen LogP) is 3.59. The normalized spacial score (nSPS) is 19.6. The molecule has 0 aromatic heterocycles. The maximum Gasteiger partial charge on any atom is 0.309 e. The van der Waals surface area contributed by atoms with Gasteiger partial charge in [0.15, 0.2) is 11.5 Å². The molecule has 4 heteroatoms. The number of carbonyl (C=O) groups is 1. The van der Waals surface area contributed by atoms with E-state index < -0.39 is 0 Å². The lowest BCUT2D eigenvalue weighted by Gasteiger charge is -2.16. The Hall–Kier alpha value is -2.49. The lowest BCUT2D eigenvalue weighted by molar-refractivity contribution is -0.141. The Morgan fingerprint density at radius 3 is 2.32 bits per heavy atom. The van der Waals surface area contributed by atoms with E-state index in [0.29, 0.717) is 18.1 Å². The molecule has 0 aliphatic carbocycles. The zero-order chi connectivity index (χ0) is 17.8. The number of hydrogen-bond acceptors (Lipinski definition) is 4. The number of esters is 1. The number of cyclic esters (lactones) is 1. The van der Waals surface area contributed by atoms with Crippen LogP contribution in [-0.4, -0.2) is 26.8 Å². The van der Waals surface area contributed by atoms with Crippen molar-refractivity contribution >= 4 is 5.97 Å². The first-order valence-corrected chi connectivity index (χ1v) is 8.53. The van der Waals surface area contributed by atoms with Crippen LogP contribution in [0.1, 0.15) is 16.7 Å². The minimum absolute atomic E-state index is 0.0916. The molecule has 1 aliphatic rings. The first kappa shape index (κ1) is 17.3. The van der Waals surface area contributed by atoms with Crippen molar-refractivity contribution in [1.29, 1.82) is 0 Å². The van der Waals surface area contributed by atoms with Crippen LogP contribution in [-0.2, 0) is 22.4 Å². The lowest BCUT2D eigenvalue weighted by atomic mass is 9.85. The Labute approximate surface area is 148 Å². The summed E-state index contributed by atoms with van der Waals surface area (Å²) in [6.07, 6.45) is 1.50. The summed E-state index contributed by atoms with van der Waals surface area (Å²) in [5, 5.41) is 0. The summed E-state index contributed by atoms with van der Waals surface area (Å²) in [6, 6.07) is 14.2. The second kappa shape index (κ2) is 7.60. The molecule has 1 aliphatic heterocycles. The summed E-state index contributed by atoms with van der Waals surface area (Å²) < 4.78 is 16.0. The van der Waals surface area contributed by atoms with Crippen molar-refractivity contribution in [3.63, 3.8) is 0 Å². The number of rotatable bonds is 6. The van der Waals surface area contributed by atoms with Gasteiger partial charge in [-0.1, -0.05) is 35.9 Å². The summed E-state index contributed by atoms with van der Waals surface area (Å²) in [7, 11) is 3.25. The van der Waals surface area contributed by atoms with E-state index in [-0.39, 0.29) is 17.8 Å². The van der Waals surface area contributed by atoms with Crippen molar-refractivity contribution in [1.82, 2.24) is 0 Å². The second-order valence-corrected chi connectivity index (χ2v) is 6.58. The third-order valence-electron chi connectivity index (χ3n) is 4.83. The Kier molecular flexibility index (Phi) is 5.27. The largest absolute Gasteiger partial charge is 0.493 e. The fourth-order valence-corrected chi connectivity index (χ4v) is 3.34. The molecule has 25 heavy (non-hydrogen) atoms. The molecule has 0 saturated carbocycles. The van der Waals surface area contributed by atoms with Gasteiger partial charge in [0.05, 0.1) is 26.7 Å². The lowest BCUT2D eigenvalue weighted by Crippen LogP contribution is -2.20. The summed E-state index contributed by atoms with van der Waals surface area (Å²) in [4.78, 5) is 12.2. The molecule has 2 aromatic carbocycles. The van der Waals surface area contributed by atoms with Gasteiger partial charge in [-0.05, 0) is 43.0 Å². The Morgan fingerprint density at radius 1 is 0.960 bits per heavy atom. The summed E-state index contributed by atoms with van der Waals surface area (Å²) >= 11 is 0. The molecule has 0 unspecified atom stereocenters. The van der Waals surface area contributed by atoms with E-state index in [1.54, 1.807) is 14.2 Å². The molecule has 3 rings (SSSR count). The average Bonchev–Trinajstić information content (AvgIpc) is 2.96. The van der Waals surface area contributed by atoms with Gasteiger partial charge in [-0.2, -0.15) is 0 Å². The highest BCUT2D eigenvalue weighted by molar-refractivity contribution is 5.75. The monoisotopic (exact) mass is 340 g/mol. The van der Waals surface area contributed by atoms with E-state index >= 15 is 0 Å².